The van der Waals surface area contributed by atoms with E-state index >= 15 is 0 Å². The van der Waals surface area contributed by atoms with Crippen LogP contribution in [0.4, 0.5) is 11.5 Å². The molecule has 0 amide bonds. The monoisotopic (exact) mass is 381 g/mol. The van der Waals surface area contributed by atoms with Crippen molar-refractivity contribution in [1.82, 2.24) is 24.5 Å². The van der Waals surface area contributed by atoms with E-state index in [1.807, 2.05) is 6.07 Å². The Balaban J connectivity index is 1.36. The second-order valence-electron chi connectivity index (χ2n) is 7.21. The minimum absolute atomic E-state index is 0.272. The van der Waals surface area contributed by atoms with Crippen LogP contribution >= 0.6 is 0 Å². The number of hydrogen-bond donors (Lipinski definition) is 1. The van der Waals surface area contributed by atoms with Crippen molar-refractivity contribution < 1.29 is 4.74 Å². The molecule has 1 aromatic carbocycles. The third-order valence-electron chi connectivity index (χ3n) is 5.02. The maximum atomic E-state index is 5.22. The number of ether oxygens (including phenoxy) is 1. The molecule has 1 atom stereocenters. The highest BCUT2D eigenvalue weighted by Crippen LogP contribution is 2.17. The highest BCUT2D eigenvalue weighted by atomic mass is 16.5. The molecule has 3 heterocycles. The Morgan fingerprint density at radius 3 is 2.68 bits per heavy atom. The van der Waals surface area contributed by atoms with Gasteiger partial charge < -0.3 is 15.0 Å². The van der Waals surface area contributed by atoms with Crippen molar-refractivity contribution >= 4 is 17.3 Å². The molecule has 28 heavy (non-hydrogen) atoms. The van der Waals surface area contributed by atoms with Crippen LogP contribution in [0.3, 0.4) is 0 Å². The van der Waals surface area contributed by atoms with Gasteiger partial charge in [0, 0.05) is 57.6 Å². The van der Waals surface area contributed by atoms with E-state index in [1.54, 1.807) is 11.6 Å². The summed E-state index contributed by atoms with van der Waals surface area (Å²) < 4.78 is 6.96. The standard InChI is InChI=1S/C20H27N7O/c1-16(13-25-8-10-26(11-9-25)18-6-4-3-5-7-18)23-19-12-17(14-28-2)24-20-21-15-22-27(19)20/h3-7,12,15-16,23H,8-11,13-14H2,1-2H3. The van der Waals surface area contributed by atoms with E-state index in [1.165, 1.54) is 12.0 Å². The van der Waals surface area contributed by atoms with Gasteiger partial charge in [0.1, 0.15) is 12.1 Å². The molecular formula is C20H27N7O. The fraction of sp³-hybridized carbons (Fsp3) is 0.450. The van der Waals surface area contributed by atoms with Gasteiger partial charge in [-0.05, 0) is 19.1 Å². The second-order valence-corrected chi connectivity index (χ2v) is 7.21. The second kappa shape index (κ2) is 8.53. The number of hydrogen-bond acceptors (Lipinski definition) is 7. The first kappa shape index (κ1) is 18.6. The number of methoxy groups -OCH3 is 1. The lowest BCUT2D eigenvalue weighted by Gasteiger charge is -2.37. The highest BCUT2D eigenvalue weighted by Gasteiger charge is 2.19. The molecule has 148 valence electrons. The number of aromatic nitrogens is 4. The first-order valence-corrected chi connectivity index (χ1v) is 9.70. The van der Waals surface area contributed by atoms with Gasteiger partial charge in [-0.25, -0.2) is 4.98 Å². The van der Waals surface area contributed by atoms with Gasteiger partial charge in [-0.15, -0.1) is 0 Å². The van der Waals surface area contributed by atoms with Crippen molar-refractivity contribution in [3.8, 4) is 0 Å². The molecule has 0 radical (unpaired) electrons. The minimum Gasteiger partial charge on any atom is -0.378 e. The van der Waals surface area contributed by atoms with E-state index in [0.29, 0.717) is 12.4 Å². The quantitative estimate of drug-likeness (QED) is 0.670. The molecule has 8 heteroatoms. The third kappa shape index (κ3) is 4.23. The Morgan fingerprint density at radius 1 is 1.14 bits per heavy atom. The van der Waals surface area contributed by atoms with Gasteiger partial charge in [-0.1, -0.05) is 18.2 Å². The predicted molar refractivity (Wildman–Crippen MR) is 110 cm³/mol. The van der Waals surface area contributed by atoms with Gasteiger partial charge in [0.25, 0.3) is 5.78 Å². The van der Waals surface area contributed by atoms with Crippen molar-refractivity contribution in [1.29, 1.82) is 0 Å². The molecule has 1 fully saturated rings. The van der Waals surface area contributed by atoms with Crippen molar-refractivity contribution in [2.45, 2.75) is 19.6 Å². The summed E-state index contributed by atoms with van der Waals surface area (Å²) in [5, 5.41) is 7.85. The molecule has 1 saturated heterocycles. The fourth-order valence-electron chi connectivity index (χ4n) is 3.70. The van der Waals surface area contributed by atoms with Crippen LogP contribution in [0.5, 0.6) is 0 Å². The molecular weight excluding hydrogens is 354 g/mol. The number of nitrogens with zero attached hydrogens (tertiary/aromatic N) is 6. The molecule has 8 nitrogen and oxygen atoms in total. The number of para-hydroxylation sites is 1. The van der Waals surface area contributed by atoms with E-state index in [-0.39, 0.29) is 6.04 Å². The van der Waals surface area contributed by atoms with Gasteiger partial charge >= 0.3 is 0 Å². The van der Waals surface area contributed by atoms with E-state index in [0.717, 1.165) is 44.2 Å². The maximum Gasteiger partial charge on any atom is 0.254 e. The lowest BCUT2D eigenvalue weighted by atomic mass is 10.2. The Morgan fingerprint density at radius 2 is 1.93 bits per heavy atom. The number of benzene rings is 1. The van der Waals surface area contributed by atoms with Crippen molar-refractivity contribution in [3.05, 3.63) is 48.4 Å². The zero-order chi connectivity index (χ0) is 19.3. The summed E-state index contributed by atoms with van der Waals surface area (Å²) in [6.07, 6.45) is 1.53. The van der Waals surface area contributed by atoms with Gasteiger partial charge in [-0.3, -0.25) is 4.90 Å². The van der Waals surface area contributed by atoms with Crippen LogP contribution in [-0.4, -0.2) is 70.4 Å². The smallest absolute Gasteiger partial charge is 0.254 e. The normalized spacial score (nSPS) is 16.4. The first-order valence-electron chi connectivity index (χ1n) is 9.70. The molecule has 0 saturated carbocycles. The highest BCUT2D eigenvalue weighted by molar-refractivity contribution is 5.47. The third-order valence-corrected chi connectivity index (χ3v) is 5.02. The Kier molecular flexibility index (Phi) is 5.68. The summed E-state index contributed by atoms with van der Waals surface area (Å²) in [4.78, 5) is 13.6. The zero-order valence-electron chi connectivity index (χ0n) is 16.5. The van der Waals surface area contributed by atoms with Crippen LogP contribution in [0.25, 0.3) is 5.78 Å². The number of fused-ring (bicyclic) bond motifs is 1. The van der Waals surface area contributed by atoms with Gasteiger partial charge in [0.15, 0.2) is 0 Å². The van der Waals surface area contributed by atoms with Crippen LogP contribution < -0.4 is 10.2 Å². The average molecular weight is 381 g/mol. The van der Waals surface area contributed by atoms with Gasteiger partial charge in [-0.2, -0.15) is 14.6 Å². The van der Waals surface area contributed by atoms with E-state index < -0.39 is 0 Å². The molecule has 1 unspecified atom stereocenters. The van der Waals surface area contributed by atoms with Gasteiger partial charge in [0.05, 0.1) is 12.3 Å². The molecule has 1 aliphatic rings. The Labute approximate surface area is 165 Å². The molecule has 0 aliphatic carbocycles. The van der Waals surface area contributed by atoms with E-state index in [9.17, 15) is 0 Å². The largest absolute Gasteiger partial charge is 0.378 e. The van der Waals surface area contributed by atoms with E-state index in [2.05, 4.69) is 67.4 Å². The lowest BCUT2D eigenvalue weighted by Crippen LogP contribution is -2.49. The molecule has 4 rings (SSSR count). The zero-order valence-corrected chi connectivity index (χ0v) is 16.5. The summed E-state index contributed by atoms with van der Waals surface area (Å²) in [6.45, 7) is 7.85. The van der Waals surface area contributed by atoms with E-state index in [4.69, 9.17) is 4.74 Å². The van der Waals surface area contributed by atoms with Gasteiger partial charge in [0.2, 0.25) is 0 Å². The summed E-state index contributed by atoms with van der Waals surface area (Å²) in [7, 11) is 1.67. The van der Waals surface area contributed by atoms with Crippen LogP contribution in [0.1, 0.15) is 12.6 Å². The molecule has 1 N–H and O–H groups in total. The van der Waals surface area contributed by atoms with Crippen molar-refractivity contribution in [2.24, 2.45) is 0 Å². The number of nitrogens with one attached hydrogen (secondary N) is 1. The minimum atomic E-state index is 0.272. The molecule has 2 aromatic heterocycles. The SMILES string of the molecule is COCc1cc(NC(C)CN2CCN(c3ccccc3)CC2)n2ncnc2n1. The number of piperazine rings is 1. The molecule has 3 aromatic rings. The molecule has 0 bridgehead atoms. The number of anilines is 2. The number of rotatable bonds is 7. The van der Waals surface area contributed by atoms with Crippen molar-refractivity contribution in [2.75, 3.05) is 50.1 Å². The maximum absolute atomic E-state index is 5.22. The Bertz CT molecular complexity index is 890. The van der Waals surface area contributed by atoms with Crippen molar-refractivity contribution in [3.63, 3.8) is 0 Å². The molecule has 1 aliphatic heterocycles. The van der Waals surface area contributed by atoms with Crippen LogP contribution in [0, 0.1) is 0 Å². The predicted octanol–water partition coefficient (Wildman–Crippen LogP) is 1.89. The summed E-state index contributed by atoms with van der Waals surface area (Å²) >= 11 is 0. The lowest BCUT2D eigenvalue weighted by molar-refractivity contribution is 0.181. The summed E-state index contributed by atoms with van der Waals surface area (Å²) in [5.74, 6) is 1.48. The average Bonchev–Trinajstić information content (AvgIpc) is 3.18. The van der Waals surface area contributed by atoms with Crippen LogP contribution in [0.2, 0.25) is 0 Å². The summed E-state index contributed by atoms with van der Waals surface area (Å²) in [5.41, 5.74) is 2.15. The summed E-state index contributed by atoms with van der Waals surface area (Å²) in [6, 6.07) is 12.9. The first-order chi connectivity index (χ1) is 13.7. The molecule has 0 spiro atoms. The Hall–Kier alpha value is -2.71. The fourth-order valence-corrected chi connectivity index (χ4v) is 3.70. The van der Waals surface area contributed by atoms with Crippen LogP contribution in [0.15, 0.2) is 42.7 Å². The topological polar surface area (TPSA) is 70.8 Å². The van der Waals surface area contributed by atoms with Crippen LogP contribution in [-0.2, 0) is 11.3 Å².